The Morgan fingerprint density at radius 1 is 1.52 bits per heavy atom. The number of guanidine groups is 1. The monoisotopic (exact) mass is 350 g/mol. The van der Waals surface area contributed by atoms with Gasteiger partial charge >= 0.3 is 6.18 Å². The summed E-state index contributed by atoms with van der Waals surface area (Å²) in [6.07, 6.45) is -3.36. The molecule has 5 nitrogen and oxygen atoms in total. The van der Waals surface area contributed by atoms with Crippen molar-refractivity contribution in [2.24, 2.45) is 10.4 Å². The van der Waals surface area contributed by atoms with E-state index < -0.39 is 11.9 Å². The number of hydrogen-bond acceptors (Lipinski definition) is 4. The molecular weight excluding hydrogens is 329 g/mol. The Kier molecular flexibility index (Phi) is 5.20. The molecule has 1 aliphatic carbocycles. The normalized spacial score (nSPS) is 24.2. The highest BCUT2D eigenvalue weighted by Gasteiger charge is 2.48. The lowest BCUT2D eigenvalue weighted by Gasteiger charge is -2.51. The molecule has 0 radical (unpaired) electrons. The third kappa shape index (κ3) is 3.95. The fraction of sp³-hybridized carbons (Fsp3) is 0.714. The van der Waals surface area contributed by atoms with Gasteiger partial charge in [0.2, 0.25) is 0 Å². The number of aliphatic imine (C=N–C) groups is 1. The molecule has 1 aromatic heterocycles. The predicted molar refractivity (Wildman–Crippen MR) is 83.4 cm³/mol. The summed E-state index contributed by atoms with van der Waals surface area (Å²) in [6.45, 7) is 4.40. The average Bonchev–Trinajstić information content (AvgIpc) is 2.95. The quantitative estimate of drug-likeness (QED) is 0.647. The maximum absolute atomic E-state index is 12.5. The minimum atomic E-state index is -4.40. The van der Waals surface area contributed by atoms with Gasteiger partial charge in [-0.25, -0.2) is 4.98 Å². The zero-order valence-electron chi connectivity index (χ0n) is 13.5. The molecule has 130 valence electrons. The molecule has 0 bridgehead atoms. The maximum atomic E-state index is 12.5. The van der Waals surface area contributed by atoms with Gasteiger partial charge in [0, 0.05) is 31.0 Å². The SMILES string of the molecule is CN=C(NCc1nc(C(F)(F)F)cs1)NC1CC(OC)C1(C)C. The third-order valence-corrected chi connectivity index (χ3v) is 5.09. The number of nitrogens with zero attached hydrogens (tertiary/aromatic N) is 2. The summed E-state index contributed by atoms with van der Waals surface area (Å²) < 4.78 is 43.0. The summed E-state index contributed by atoms with van der Waals surface area (Å²) in [5, 5.41) is 7.66. The largest absolute Gasteiger partial charge is 0.434 e. The van der Waals surface area contributed by atoms with E-state index in [1.807, 2.05) is 0 Å². The van der Waals surface area contributed by atoms with E-state index in [0.29, 0.717) is 11.0 Å². The first-order valence-electron chi connectivity index (χ1n) is 7.20. The van der Waals surface area contributed by atoms with Gasteiger partial charge in [0.1, 0.15) is 5.01 Å². The van der Waals surface area contributed by atoms with E-state index in [0.717, 1.165) is 23.1 Å². The van der Waals surface area contributed by atoms with Crippen molar-refractivity contribution >= 4 is 17.3 Å². The van der Waals surface area contributed by atoms with Crippen LogP contribution in [-0.2, 0) is 17.5 Å². The van der Waals surface area contributed by atoms with Crippen LogP contribution in [-0.4, -0.2) is 37.2 Å². The Balaban J connectivity index is 1.88. The fourth-order valence-electron chi connectivity index (χ4n) is 2.57. The molecular formula is C14H21F3N4OS. The lowest BCUT2D eigenvalue weighted by Crippen LogP contribution is -2.63. The lowest BCUT2D eigenvalue weighted by molar-refractivity contribution is -0.140. The van der Waals surface area contributed by atoms with Crippen LogP contribution in [0.5, 0.6) is 0 Å². The van der Waals surface area contributed by atoms with Gasteiger partial charge in [-0.1, -0.05) is 13.8 Å². The second kappa shape index (κ2) is 6.64. The zero-order chi connectivity index (χ0) is 17.3. The van der Waals surface area contributed by atoms with Crippen LogP contribution in [0.4, 0.5) is 13.2 Å². The molecule has 0 aliphatic heterocycles. The topological polar surface area (TPSA) is 58.5 Å². The molecule has 0 spiro atoms. The van der Waals surface area contributed by atoms with Crippen LogP contribution in [0.2, 0.25) is 0 Å². The van der Waals surface area contributed by atoms with Crippen molar-refractivity contribution in [1.82, 2.24) is 15.6 Å². The Bertz CT molecular complexity index is 571. The first kappa shape index (κ1) is 18.0. The van der Waals surface area contributed by atoms with Crippen LogP contribution in [0.15, 0.2) is 10.4 Å². The van der Waals surface area contributed by atoms with Crippen molar-refractivity contribution in [2.75, 3.05) is 14.2 Å². The van der Waals surface area contributed by atoms with Crippen LogP contribution in [0, 0.1) is 5.41 Å². The molecule has 1 aromatic rings. The zero-order valence-corrected chi connectivity index (χ0v) is 14.3. The minimum absolute atomic E-state index is 0.0307. The molecule has 0 aromatic carbocycles. The molecule has 2 atom stereocenters. The van der Waals surface area contributed by atoms with E-state index in [-0.39, 0.29) is 24.1 Å². The summed E-state index contributed by atoms with van der Waals surface area (Å²) >= 11 is 0.975. The molecule has 9 heteroatoms. The molecule has 1 heterocycles. The standard InChI is InChI=1S/C14H21F3N4OS/c1-13(2)8(5-10(13)22-4)21-12(18-3)19-6-11-20-9(7-23-11)14(15,16)17/h7-8,10H,5-6H2,1-4H3,(H2,18,19,21). The highest BCUT2D eigenvalue weighted by Crippen LogP contribution is 2.42. The van der Waals surface area contributed by atoms with E-state index in [1.165, 1.54) is 0 Å². The maximum Gasteiger partial charge on any atom is 0.434 e. The Morgan fingerprint density at radius 3 is 2.70 bits per heavy atom. The molecule has 2 rings (SSSR count). The third-order valence-electron chi connectivity index (χ3n) is 4.25. The first-order chi connectivity index (χ1) is 10.7. The van der Waals surface area contributed by atoms with Crippen molar-refractivity contribution in [3.05, 3.63) is 16.1 Å². The van der Waals surface area contributed by atoms with Gasteiger partial charge in [0.25, 0.3) is 0 Å². The van der Waals surface area contributed by atoms with E-state index in [4.69, 9.17) is 4.74 Å². The number of halogens is 3. The fourth-order valence-corrected chi connectivity index (χ4v) is 3.31. The van der Waals surface area contributed by atoms with Gasteiger partial charge in [-0.15, -0.1) is 11.3 Å². The van der Waals surface area contributed by atoms with Crippen molar-refractivity contribution in [3.63, 3.8) is 0 Å². The summed E-state index contributed by atoms with van der Waals surface area (Å²) in [5.41, 5.74) is -0.887. The Labute approximate surface area is 137 Å². The number of thiazole rings is 1. The number of ether oxygens (including phenoxy) is 1. The molecule has 1 aliphatic rings. The number of aromatic nitrogens is 1. The van der Waals surface area contributed by atoms with Crippen LogP contribution >= 0.6 is 11.3 Å². The lowest BCUT2D eigenvalue weighted by atomic mass is 9.64. The number of alkyl halides is 3. The second-order valence-electron chi connectivity index (χ2n) is 6.03. The van der Waals surface area contributed by atoms with Crippen molar-refractivity contribution in [2.45, 2.75) is 45.1 Å². The first-order valence-corrected chi connectivity index (χ1v) is 8.08. The summed E-state index contributed by atoms with van der Waals surface area (Å²) in [5.74, 6) is 0.543. The highest BCUT2D eigenvalue weighted by atomic mass is 32.1. The molecule has 1 saturated carbocycles. The van der Waals surface area contributed by atoms with E-state index in [2.05, 4.69) is 34.5 Å². The summed E-state index contributed by atoms with van der Waals surface area (Å²) in [4.78, 5) is 7.69. The molecule has 0 saturated heterocycles. The van der Waals surface area contributed by atoms with Gasteiger partial charge in [-0.2, -0.15) is 13.2 Å². The van der Waals surface area contributed by atoms with Crippen molar-refractivity contribution in [1.29, 1.82) is 0 Å². The van der Waals surface area contributed by atoms with E-state index in [1.54, 1.807) is 14.2 Å². The number of nitrogens with one attached hydrogen (secondary N) is 2. The van der Waals surface area contributed by atoms with Crippen molar-refractivity contribution < 1.29 is 17.9 Å². The molecule has 1 fully saturated rings. The van der Waals surface area contributed by atoms with Gasteiger partial charge < -0.3 is 15.4 Å². The summed E-state index contributed by atoms with van der Waals surface area (Å²) in [6, 6.07) is 0.195. The second-order valence-corrected chi connectivity index (χ2v) is 6.97. The van der Waals surface area contributed by atoms with Crippen LogP contribution in [0.1, 0.15) is 31.0 Å². The molecule has 23 heavy (non-hydrogen) atoms. The van der Waals surface area contributed by atoms with Gasteiger partial charge in [-0.05, 0) is 6.42 Å². The average molecular weight is 350 g/mol. The van der Waals surface area contributed by atoms with E-state index >= 15 is 0 Å². The molecule has 2 N–H and O–H groups in total. The number of hydrogen-bond donors (Lipinski definition) is 2. The Morgan fingerprint density at radius 2 is 2.22 bits per heavy atom. The van der Waals surface area contributed by atoms with Gasteiger partial charge in [0.15, 0.2) is 11.7 Å². The smallest absolute Gasteiger partial charge is 0.381 e. The van der Waals surface area contributed by atoms with Crippen LogP contribution in [0.25, 0.3) is 0 Å². The minimum Gasteiger partial charge on any atom is -0.381 e. The number of rotatable bonds is 4. The molecule has 0 amide bonds. The predicted octanol–water partition coefficient (Wildman–Crippen LogP) is 2.64. The Hall–Kier alpha value is -1.35. The van der Waals surface area contributed by atoms with Crippen LogP contribution in [0.3, 0.4) is 0 Å². The van der Waals surface area contributed by atoms with E-state index in [9.17, 15) is 13.2 Å². The highest BCUT2D eigenvalue weighted by molar-refractivity contribution is 7.09. The van der Waals surface area contributed by atoms with Crippen molar-refractivity contribution in [3.8, 4) is 0 Å². The number of methoxy groups -OCH3 is 1. The molecule has 2 unspecified atom stereocenters. The van der Waals surface area contributed by atoms with Gasteiger partial charge in [0.05, 0.1) is 12.6 Å². The van der Waals surface area contributed by atoms with Gasteiger partial charge in [-0.3, -0.25) is 4.99 Å². The van der Waals surface area contributed by atoms with Crippen LogP contribution < -0.4 is 10.6 Å². The summed E-state index contributed by atoms with van der Waals surface area (Å²) in [7, 11) is 3.31.